The molecule has 1 aromatic rings. The SMILES string of the molecule is COC(=O)c1ccc([C@@H](N)CC(C)C)cc1. The van der Waals surface area contributed by atoms with Crippen LogP contribution in [0.25, 0.3) is 0 Å². The maximum atomic E-state index is 11.2. The van der Waals surface area contributed by atoms with Gasteiger partial charge in [0.25, 0.3) is 0 Å². The number of carbonyl (C=O) groups is 1. The molecule has 1 aromatic carbocycles. The molecular weight excluding hydrogens is 202 g/mol. The number of benzene rings is 1. The van der Waals surface area contributed by atoms with E-state index in [1.807, 2.05) is 12.1 Å². The number of methoxy groups -OCH3 is 1. The molecule has 0 unspecified atom stereocenters. The predicted octanol–water partition coefficient (Wildman–Crippen LogP) is 2.52. The van der Waals surface area contributed by atoms with Gasteiger partial charge in [0.15, 0.2) is 0 Å². The van der Waals surface area contributed by atoms with Crippen LogP contribution < -0.4 is 5.73 Å². The van der Waals surface area contributed by atoms with E-state index in [0.29, 0.717) is 11.5 Å². The van der Waals surface area contributed by atoms with Gasteiger partial charge in [-0.05, 0) is 30.0 Å². The smallest absolute Gasteiger partial charge is 0.337 e. The molecule has 0 saturated heterocycles. The maximum Gasteiger partial charge on any atom is 0.337 e. The highest BCUT2D eigenvalue weighted by Gasteiger charge is 2.10. The van der Waals surface area contributed by atoms with Crippen LogP contribution in [0.3, 0.4) is 0 Å². The number of hydrogen-bond donors (Lipinski definition) is 1. The van der Waals surface area contributed by atoms with Crippen LogP contribution in [0.15, 0.2) is 24.3 Å². The first kappa shape index (κ1) is 12.7. The van der Waals surface area contributed by atoms with E-state index < -0.39 is 0 Å². The zero-order valence-electron chi connectivity index (χ0n) is 10.1. The fraction of sp³-hybridized carbons (Fsp3) is 0.462. The van der Waals surface area contributed by atoms with Gasteiger partial charge in [0.1, 0.15) is 0 Å². The Kier molecular flexibility index (Phi) is 4.50. The van der Waals surface area contributed by atoms with E-state index in [-0.39, 0.29) is 12.0 Å². The molecule has 0 aliphatic carbocycles. The lowest BCUT2D eigenvalue weighted by atomic mass is 9.97. The van der Waals surface area contributed by atoms with E-state index in [9.17, 15) is 4.79 Å². The van der Waals surface area contributed by atoms with E-state index in [2.05, 4.69) is 18.6 Å². The van der Waals surface area contributed by atoms with E-state index in [0.717, 1.165) is 12.0 Å². The van der Waals surface area contributed by atoms with Crippen molar-refractivity contribution in [3.05, 3.63) is 35.4 Å². The first-order chi connectivity index (χ1) is 7.54. The minimum Gasteiger partial charge on any atom is -0.465 e. The molecule has 88 valence electrons. The number of ether oxygens (including phenoxy) is 1. The molecule has 0 aromatic heterocycles. The Hall–Kier alpha value is -1.35. The van der Waals surface area contributed by atoms with Crippen molar-refractivity contribution in [3.8, 4) is 0 Å². The van der Waals surface area contributed by atoms with Gasteiger partial charge in [0, 0.05) is 6.04 Å². The van der Waals surface area contributed by atoms with E-state index in [1.165, 1.54) is 7.11 Å². The van der Waals surface area contributed by atoms with Crippen molar-refractivity contribution >= 4 is 5.97 Å². The second-order valence-corrected chi connectivity index (χ2v) is 4.35. The maximum absolute atomic E-state index is 11.2. The number of carbonyl (C=O) groups excluding carboxylic acids is 1. The number of nitrogens with two attached hydrogens (primary N) is 1. The number of rotatable bonds is 4. The monoisotopic (exact) mass is 221 g/mol. The summed E-state index contributed by atoms with van der Waals surface area (Å²) in [5.41, 5.74) is 7.65. The third-order valence-electron chi connectivity index (χ3n) is 2.49. The van der Waals surface area contributed by atoms with Crippen molar-refractivity contribution < 1.29 is 9.53 Å². The quantitative estimate of drug-likeness (QED) is 0.795. The molecule has 0 aliphatic rings. The van der Waals surface area contributed by atoms with Crippen LogP contribution in [0, 0.1) is 5.92 Å². The Morgan fingerprint density at radius 1 is 1.31 bits per heavy atom. The van der Waals surface area contributed by atoms with Gasteiger partial charge in [-0.1, -0.05) is 26.0 Å². The summed E-state index contributed by atoms with van der Waals surface area (Å²) < 4.78 is 4.63. The molecule has 1 atom stereocenters. The molecule has 1 rings (SSSR count). The Morgan fingerprint density at radius 2 is 1.88 bits per heavy atom. The largest absolute Gasteiger partial charge is 0.465 e. The summed E-state index contributed by atoms with van der Waals surface area (Å²) in [6, 6.07) is 7.31. The zero-order valence-corrected chi connectivity index (χ0v) is 10.1. The molecule has 0 aliphatic heterocycles. The van der Waals surface area contributed by atoms with Crippen LogP contribution >= 0.6 is 0 Å². The van der Waals surface area contributed by atoms with Gasteiger partial charge in [-0.25, -0.2) is 4.79 Å². The van der Waals surface area contributed by atoms with Gasteiger partial charge in [-0.15, -0.1) is 0 Å². The van der Waals surface area contributed by atoms with Crippen molar-refractivity contribution in [2.75, 3.05) is 7.11 Å². The zero-order chi connectivity index (χ0) is 12.1. The molecule has 0 saturated carbocycles. The molecule has 0 amide bonds. The molecule has 2 N–H and O–H groups in total. The van der Waals surface area contributed by atoms with Gasteiger partial charge < -0.3 is 10.5 Å². The highest BCUT2D eigenvalue weighted by Crippen LogP contribution is 2.19. The van der Waals surface area contributed by atoms with Gasteiger partial charge in [-0.2, -0.15) is 0 Å². The summed E-state index contributed by atoms with van der Waals surface area (Å²) in [5, 5.41) is 0. The van der Waals surface area contributed by atoms with Gasteiger partial charge >= 0.3 is 5.97 Å². The summed E-state index contributed by atoms with van der Waals surface area (Å²) in [4.78, 5) is 11.2. The summed E-state index contributed by atoms with van der Waals surface area (Å²) in [7, 11) is 1.38. The standard InChI is InChI=1S/C13H19NO2/c1-9(2)8-12(14)10-4-6-11(7-5-10)13(15)16-3/h4-7,9,12H,8,14H2,1-3H3/t12-/m0/s1. The third-order valence-corrected chi connectivity index (χ3v) is 2.49. The second-order valence-electron chi connectivity index (χ2n) is 4.35. The van der Waals surface area contributed by atoms with Crippen molar-refractivity contribution in [2.24, 2.45) is 11.7 Å². The van der Waals surface area contributed by atoms with Crippen molar-refractivity contribution in [3.63, 3.8) is 0 Å². The normalized spacial score (nSPS) is 12.6. The second kappa shape index (κ2) is 5.66. The first-order valence-electron chi connectivity index (χ1n) is 5.48. The van der Waals surface area contributed by atoms with Crippen molar-refractivity contribution in [2.45, 2.75) is 26.3 Å². The van der Waals surface area contributed by atoms with Crippen LogP contribution in [-0.2, 0) is 4.74 Å². The molecule has 0 spiro atoms. The van der Waals surface area contributed by atoms with Gasteiger partial charge in [0.05, 0.1) is 12.7 Å². The summed E-state index contributed by atoms with van der Waals surface area (Å²) in [6.07, 6.45) is 0.942. The highest BCUT2D eigenvalue weighted by atomic mass is 16.5. The Morgan fingerprint density at radius 3 is 2.31 bits per heavy atom. The molecule has 0 fully saturated rings. The topological polar surface area (TPSA) is 52.3 Å². The van der Waals surface area contributed by atoms with Crippen LogP contribution in [0.1, 0.15) is 42.2 Å². The van der Waals surface area contributed by atoms with Gasteiger partial charge in [0.2, 0.25) is 0 Å². The minimum atomic E-state index is -0.316. The Labute approximate surface area is 96.6 Å². The number of hydrogen-bond acceptors (Lipinski definition) is 3. The van der Waals surface area contributed by atoms with E-state index in [4.69, 9.17) is 5.73 Å². The molecule has 16 heavy (non-hydrogen) atoms. The lowest BCUT2D eigenvalue weighted by Gasteiger charge is -2.14. The average Bonchev–Trinajstić information content (AvgIpc) is 2.27. The van der Waals surface area contributed by atoms with E-state index in [1.54, 1.807) is 12.1 Å². The number of esters is 1. The lowest BCUT2D eigenvalue weighted by Crippen LogP contribution is -2.13. The minimum absolute atomic E-state index is 0.0340. The molecule has 3 nitrogen and oxygen atoms in total. The lowest BCUT2D eigenvalue weighted by molar-refractivity contribution is 0.0600. The molecular formula is C13H19NO2. The fourth-order valence-electron chi connectivity index (χ4n) is 1.63. The molecule has 0 radical (unpaired) electrons. The highest BCUT2D eigenvalue weighted by molar-refractivity contribution is 5.89. The summed E-state index contributed by atoms with van der Waals surface area (Å²) >= 11 is 0. The van der Waals surface area contributed by atoms with Crippen LogP contribution in [-0.4, -0.2) is 13.1 Å². The van der Waals surface area contributed by atoms with E-state index >= 15 is 0 Å². The first-order valence-corrected chi connectivity index (χ1v) is 5.48. The summed E-state index contributed by atoms with van der Waals surface area (Å²) in [5.74, 6) is 0.249. The Bertz CT molecular complexity index is 343. The van der Waals surface area contributed by atoms with Crippen molar-refractivity contribution in [1.29, 1.82) is 0 Å². The Balaban J connectivity index is 2.74. The van der Waals surface area contributed by atoms with Crippen molar-refractivity contribution in [1.82, 2.24) is 0 Å². The fourth-order valence-corrected chi connectivity index (χ4v) is 1.63. The van der Waals surface area contributed by atoms with Gasteiger partial charge in [-0.3, -0.25) is 0 Å². The summed E-state index contributed by atoms with van der Waals surface area (Å²) in [6.45, 7) is 4.28. The molecule has 3 heteroatoms. The predicted molar refractivity (Wildman–Crippen MR) is 64.2 cm³/mol. The average molecular weight is 221 g/mol. The van der Waals surface area contributed by atoms with Crippen LogP contribution in [0.5, 0.6) is 0 Å². The third kappa shape index (κ3) is 3.35. The van der Waals surface area contributed by atoms with Crippen LogP contribution in [0.2, 0.25) is 0 Å². The molecule has 0 heterocycles. The molecule has 0 bridgehead atoms. The van der Waals surface area contributed by atoms with Crippen LogP contribution in [0.4, 0.5) is 0 Å².